The van der Waals surface area contributed by atoms with Gasteiger partial charge in [-0.3, -0.25) is 0 Å². The molecule has 112 valence electrons. The zero-order chi connectivity index (χ0) is 15.8. The summed E-state index contributed by atoms with van der Waals surface area (Å²) >= 11 is 0. The lowest BCUT2D eigenvalue weighted by Gasteiger charge is -2.25. The average molecular weight is 297 g/mol. The van der Waals surface area contributed by atoms with E-state index in [1.54, 1.807) is 0 Å². The van der Waals surface area contributed by atoms with Gasteiger partial charge in [0.2, 0.25) is 34.8 Å². The summed E-state index contributed by atoms with van der Waals surface area (Å²) in [5, 5.41) is 0. The molecule has 0 amide bonds. The maximum atomic E-state index is 13.3. The van der Waals surface area contributed by atoms with E-state index in [9.17, 15) is 26.7 Å². The van der Waals surface area contributed by atoms with Crippen LogP contribution in [-0.2, 0) is 4.79 Å². The largest absolute Gasteiger partial charge is 0.419 e. The standard InChI is InChI=1S/C12H12F5NO2/c1-12(2,3)10(18)11(19)20-9-7(16)5(14)4(13)6(15)8(9)17/h10H,18H2,1-3H3/t10-/m1/s1. The third-order valence-electron chi connectivity index (χ3n) is 2.56. The van der Waals surface area contributed by atoms with Crippen molar-refractivity contribution in [3.63, 3.8) is 0 Å². The maximum Gasteiger partial charge on any atom is 0.329 e. The van der Waals surface area contributed by atoms with Crippen LogP contribution in [0, 0.1) is 34.5 Å². The van der Waals surface area contributed by atoms with Crippen LogP contribution in [0.25, 0.3) is 0 Å². The maximum absolute atomic E-state index is 13.3. The van der Waals surface area contributed by atoms with Crippen LogP contribution in [0.15, 0.2) is 0 Å². The molecule has 1 rings (SSSR count). The highest BCUT2D eigenvalue weighted by Crippen LogP contribution is 2.30. The van der Waals surface area contributed by atoms with Crippen molar-refractivity contribution in [2.75, 3.05) is 0 Å². The Morgan fingerprint density at radius 2 is 1.30 bits per heavy atom. The van der Waals surface area contributed by atoms with Gasteiger partial charge in [-0.1, -0.05) is 20.8 Å². The van der Waals surface area contributed by atoms with E-state index < -0.39 is 52.3 Å². The molecular weight excluding hydrogens is 285 g/mol. The lowest BCUT2D eigenvalue weighted by atomic mass is 9.87. The van der Waals surface area contributed by atoms with Crippen molar-refractivity contribution < 1.29 is 31.5 Å². The molecule has 8 heteroatoms. The first-order chi connectivity index (χ1) is 8.98. The predicted molar refractivity (Wildman–Crippen MR) is 59.3 cm³/mol. The summed E-state index contributed by atoms with van der Waals surface area (Å²) in [7, 11) is 0. The Hall–Kier alpha value is -1.70. The van der Waals surface area contributed by atoms with Crippen LogP contribution in [0.3, 0.4) is 0 Å². The van der Waals surface area contributed by atoms with Gasteiger partial charge in [0, 0.05) is 0 Å². The summed E-state index contributed by atoms with van der Waals surface area (Å²) in [5.41, 5.74) is 4.65. The quantitative estimate of drug-likeness (QED) is 0.300. The SMILES string of the molecule is CC(C)(C)[C@H](N)C(=O)Oc1c(F)c(F)c(F)c(F)c1F. The lowest BCUT2D eigenvalue weighted by Crippen LogP contribution is -2.44. The van der Waals surface area contributed by atoms with Crippen molar-refractivity contribution in [1.29, 1.82) is 0 Å². The van der Waals surface area contributed by atoms with Crippen molar-refractivity contribution in [3.8, 4) is 5.75 Å². The number of rotatable bonds is 2. The first-order valence-corrected chi connectivity index (χ1v) is 5.47. The molecule has 0 aliphatic rings. The highest BCUT2D eigenvalue weighted by atomic mass is 19.2. The molecule has 0 heterocycles. The summed E-state index contributed by atoms with van der Waals surface area (Å²) in [5.74, 6) is -14.1. The van der Waals surface area contributed by atoms with Crippen molar-refractivity contribution >= 4 is 5.97 Å². The van der Waals surface area contributed by atoms with Crippen molar-refractivity contribution in [2.24, 2.45) is 11.1 Å². The topological polar surface area (TPSA) is 52.3 Å². The van der Waals surface area contributed by atoms with Crippen LogP contribution in [0.5, 0.6) is 5.75 Å². The van der Waals surface area contributed by atoms with E-state index >= 15 is 0 Å². The number of benzene rings is 1. The molecule has 3 nitrogen and oxygen atoms in total. The fourth-order valence-electron chi connectivity index (χ4n) is 1.19. The third kappa shape index (κ3) is 2.90. The highest BCUT2D eigenvalue weighted by Gasteiger charge is 2.33. The van der Waals surface area contributed by atoms with E-state index in [1.807, 2.05) is 0 Å². The van der Waals surface area contributed by atoms with Crippen LogP contribution in [0.1, 0.15) is 20.8 Å². The predicted octanol–water partition coefficient (Wildman–Crippen LogP) is 2.66. The monoisotopic (exact) mass is 297 g/mol. The second-order valence-corrected chi connectivity index (χ2v) is 5.16. The Morgan fingerprint density at radius 1 is 0.950 bits per heavy atom. The number of nitrogens with two attached hydrogens (primary N) is 1. The average Bonchev–Trinajstić information content (AvgIpc) is 2.36. The third-order valence-corrected chi connectivity index (χ3v) is 2.56. The number of halogens is 5. The van der Waals surface area contributed by atoms with Crippen LogP contribution in [-0.4, -0.2) is 12.0 Å². The van der Waals surface area contributed by atoms with Crippen molar-refractivity contribution in [2.45, 2.75) is 26.8 Å². The van der Waals surface area contributed by atoms with E-state index in [0.717, 1.165) is 0 Å². The van der Waals surface area contributed by atoms with Crippen LogP contribution >= 0.6 is 0 Å². The number of esters is 1. The van der Waals surface area contributed by atoms with Crippen LogP contribution < -0.4 is 10.5 Å². The molecule has 20 heavy (non-hydrogen) atoms. The van der Waals surface area contributed by atoms with Gasteiger partial charge in [-0.05, 0) is 5.41 Å². The molecule has 0 bridgehead atoms. The fraction of sp³-hybridized carbons (Fsp3) is 0.417. The fourth-order valence-corrected chi connectivity index (χ4v) is 1.19. The van der Waals surface area contributed by atoms with Gasteiger partial charge in [0.1, 0.15) is 6.04 Å². The Balaban J connectivity index is 3.21. The van der Waals surface area contributed by atoms with Gasteiger partial charge in [0.25, 0.3) is 0 Å². The van der Waals surface area contributed by atoms with Gasteiger partial charge in [0.15, 0.2) is 0 Å². The molecule has 0 aliphatic carbocycles. The molecule has 2 N–H and O–H groups in total. The summed E-state index contributed by atoms with van der Waals surface area (Å²) in [6.45, 7) is 4.62. The van der Waals surface area contributed by atoms with Gasteiger partial charge in [-0.25, -0.2) is 18.0 Å². The number of hydrogen-bond acceptors (Lipinski definition) is 3. The highest BCUT2D eigenvalue weighted by molar-refractivity contribution is 5.79. The molecule has 0 radical (unpaired) electrons. The Bertz CT molecular complexity index is 525. The minimum absolute atomic E-state index is 0.818. The Labute approximate surface area is 111 Å². The van der Waals surface area contributed by atoms with Gasteiger partial charge in [0.05, 0.1) is 0 Å². The molecule has 1 aromatic rings. The summed E-state index contributed by atoms with van der Waals surface area (Å²) in [4.78, 5) is 11.6. The number of carbonyl (C=O) groups is 1. The summed E-state index contributed by atoms with van der Waals surface area (Å²) < 4.78 is 69.4. The molecule has 0 unspecified atom stereocenters. The Morgan fingerprint density at radius 3 is 1.65 bits per heavy atom. The molecule has 0 aliphatic heterocycles. The number of ether oxygens (including phenoxy) is 1. The van der Waals surface area contributed by atoms with E-state index in [1.165, 1.54) is 20.8 Å². The van der Waals surface area contributed by atoms with Crippen LogP contribution in [0.2, 0.25) is 0 Å². The van der Waals surface area contributed by atoms with Gasteiger partial charge < -0.3 is 10.5 Å². The molecule has 0 saturated carbocycles. The summed E-state index contributed by atoms with van der Waals surface area (Å²) in [6, 6.07) is -1.31. The molecule has 0 saturated heterocycles. The zero-order valence-electron chi connectivity index (χ0n) is 10.9. The van der Waals surface area contributed by atoms with E-state index in [-0.39, 0.29) is 0 Å². The minimum atomic E-state index is -2.33. The van der Waals surface area contributed by atoms with E-state index in [0.29, 0.717) is 0 Å². The van der Waals surface area contributed by atoms with Crippen molar-refractivity contribution in [1.82, 2.24) is 0 Å². The molecular formula is C12H12F5NO2. The molecule has 1 atom stereocenters. The molecule has 0 spiro atoms. The molecule has 0 aromatic heterocycles. The molecule has 0 fully saturated rings. The number of carbonyl (C=O) groups excluding carboxylic acids is 1. The lowest BCUT2D eigenvalue weighted by molar-refractivity contribution is -0.138. The van der Waals surface area contributed by atoms with E-state index in [4.69, 9.17) is 5.73 Å². The second kappa shape index (κ2) is 5.35. The smallest absolute Gasteiger partial charge is 0.329 e. The minimum Gasteiger partial charge on any atom is -0.419 e. The normalized spacial score (nSPS) is 13.2. The van der Waals surface area contributed by atoms with Crippen LogP contribution in [0.4, 0.5) is 22.0 Å². The summed E-state index contributed by atoms with van der Waals surface area (Å²) in [6.07, 6.45) is 0. The first kappa shape index (κ1) is 16.4. The van der Waals surface area contributed by atoms with Gasteiger partial charge in [-0.15, -0.1) is 0 Å². The number of hydrogen-bond donors (Lipinski definition) is 1. The second-order valence-electron chi connectivity index (χ2n) is 5.16. The first-order valence-electron chi connectivity index (χ1n) is 5.47. The van der Waals surface area contributed by atoms with Gasteiger partial charge in [-0.2, -0.15) is 8.78 Å². The Kier molecular flexibility index (Phi) is 4.38. The van der Waals surface area contributed by atoms with E-state index in [2.05, 4.69) is 4.74 Å². The zero-order valence-corrected chi connectivity index (χ0v) is 10.9. The molecule has 1 aromatic carbocycles. The van der Waals surface area contributed by atoms with Gasteiger partial charge >= 0.3 is 5.97 Å². The van der Waals surface area contributed by atoms with Crippen molar-refractivity contribution in [3.05, 3.63) is 29.1 Å².